The van der Waals surface area contributed by atoms with Crippen molar-refractivity contribution in [2.24, 2.45) is 0 Å². The summed E-state index contributed by atoms with van der Waals surface area (Å²) in [7, 11) is 1.69. The molecule has 0 atom stereocenters. The van der Waals surface area contributed by atoms with Gasteiger partial charge in [-0.3, -0.25) is 4.79 Å². The van der Waals surface area contributed by atoms with E-state index in [1.54, 1.807) is 13.3 Å². The molecule has 1 saturated heterocycles. The molecule has 0 saturated carbocycles. The van der Waals surface area contributed by atoms with Gasteiger partial charge in [0.25, 0.3) is 5.91 Å². The number of ether oxygens (including phenoxy) is 1. The van der Waals surface area contributed by atoms with Gasteiger partial charge in [-0.2, -0.15) is 0 Å². The second-order valence-corrected chi connectivity index (χ2v) is 7.78. The minimum Gasteiger partial charge on any atom is -0.495 e. The SMILES string of the molecule is COc1ccccc1N1CCN(C(=O)c2cccnc2Sc2ccccc2)CC1. The van der Waals surface area contributed by atoms with Gasteiger partial charge in [0, 0.05) is 37.3 Å². The van der Waals surface area contributed by atoms with Crippen molar-refractivity contribution < 1.29 is 9.53 Å². The molecule has 0 N–H and O–H groups in total. The zero-order valence-electron chi connectivity index (χ0n) is 16.3. The smallest absolute Gasteiger partial charge is 0.256 e. The number of carbonyl (C=O) groups excluding carboxylic acids is 1. The zero-order valence-corrected chi connectivity index (χ0v) is 17.1. The number of methoxy groups -OCH3 is 1. The maximum absolute atomic E-state index is 13.2. The van der Waals surface area contributed by atoms with E-state index in [9.17, 15) is 4.79 Å². The summed E-state index contributed by atoms with van der Waals surface area (Å²) >= 11 is 1.52. The standard InChI is InChI=1S/C23H23N3O2S/c1-28-21-12-6-5-11-20(21)25-14-16-26(17-15-25)23(27)19-10-7-13-24-22(19)29-18-8-3-2-4-9-18/h2-13H,14-17H2,1H3. The number of hydrogen-bond donors (Lipinski definition) is 0. The Kier molecular flexibility index (Phi) is 6.00. The van der Waals surface area contributed by atoms with E-state index in [0.29, 0.717) is 18.7 Å². The van der Waals surface area contributed by atoms with Crippen LogP contribution >= 0.6 is 11.8 Å². The lowest BCUT2D eigenvalue weighted by Gasteiger charge is -2.36. The lowest BCUT2D eigenvalue weighted by atomic mass is 10.2. The summed E-state index contributed by atoms with van der Waals surface area (Å²) in [6.07, 6.45) is 1.74. The van der Waals surface area contributed by atoms with E-state index < -0.39 is 0 Å². The molecular weight excluding hydrogens is 382 g/mol. The van der Waals surface area contributed by atoms with E-state index in [1.165, 1.54) is 11.8 Å². The molecule has 0 bridgehead atoms. The first-order chi connectivity index (χ1) is 14.3. The fourth-order valence-corrected chi connectivity index (χ4v) is 4.34. The average Bonchev–Trinajstić information content (AvgIpc) is 2.80. The molecule has 0 aliphatic carbocycles. The van der Waals surface area contributed by atoms with Crippen LogP contribution in [0.4, 0.5) is 5.69 Å². The van der Waals surface area contributed by atoms with Crippen LogP contribution in [0.5, 0.6) is 5.75 Å². The van der Waals surface area contributed by atoms with E-state index in [4.69, 9.17) is 4.74 Å². The highest BCUT2D eigenvalue weighted by Crippen LogP contribution is 2.31. The molecule has 148 valence electrons. The maximum Gasteiger partial charge on any atom is 0.256 e. The first kappa shape index (κ1) is 19.3. The molecule has 1 aromatic heterocycles. The second-order valence-electron chi connectivity index (χ2n) is 6.72. The predicted molar refractivity (Wildman–Crippen MR) is 116 cm³/mol. The van der Waals surface area contributed by atoms with Crippen molar-refractivity contribution in [1.29, 1.82) is 0 Å². The quantitative estimate of drug-likeness (QED) is 0.637. The van der Waals surface area contributed by atoms with Gasteiger partial charge < -0.3 is 14.5 Å². The molecular formula is C23H23N3O2S. The highest BCUT2D eigenvalue weighted by atomic mass is 32.2. The number of para-hydroxylation sites is 2. The Morgan fingerprint density at radius 1 is 0.931 bits per heavy atom. The Morgan fingerprint density at radius 2 is 1.66 bits per heavy atom. The molecule has 0 radical (unpaired) electrons. The van der Waals surface area contributed by atoms with Crippen molar-refractivity contribution >= 4 is 23.4 Å². The molecule has 3 aromatic rings. The topological polar surface area (TPSA) is 45.7 Å². The predicted octanol–water partition coefficient (Wildman–Crippen LogP) is 4.20. The van der Waals surface area contributed by atoms with Crippen LogP contribution in [0, 0.1) is 0 Å². The van der Waals surface area contributed by atoms with E-state index in [0.717, 1.165) is 34.4 Å². The first-order valence-corrected chi connectivity index (χ1v) is 10.4. The highest BCUT2D eigenvalue weighted by molar-refractivity contribution is 7.99. The van der Waals surface area contributed by atoms with Crippen molar-refractivity contribution in [1.82, 2.24) is 9.88 Å². The Labute approximate surface area is 175 Å². The number of hydrogen-bond acceptors (Lipinski definition) is 5. The van der Waals surface area contributed by atoms with Gasteiger partial charge in [0.1, 0.15) is 10.8 Å². The van der Waals surface area contributed by atoms with Crippen molar-refractivity contribution in [3.63, 3.8) is 0 Å². The van der Waals surface area contributed by atoms with Crippen LogP contribution in [0.3, 0.4) is 0 Å². The number of pyridine rings is 1. The van der Waals surface area contributed by atoms with E-state index in [2.05, 4.69) is 16.0 Å². The molecule has 6 heteroatoms. The van der Waals surface area contributed by atoms with Crippen LogP contribution in [-0.2, 0) is 0 Å². The van der Waals surface area contributed by atoms with Gasteiger partial charge in [-0.05, 0) is 36.4 Å². The molecule has 29 heavy (non-hydrogen) atoms. The number of piperazine rings is 1. The van der Waals surface area contributed by atoms with E-state index in [1.807, 2.05) is 65.6 Å². The Balaban J connectivity index is 1.46. The summed E-state index contributed by atoms with van der Waals surface area (Å²) in [6.45, 7) is 2.88. The Morgan fingerprint density at radius 3 is 2.41 bits per heavy atom. The van der Waals surface area contributed by atoms with Gasteiger partial charge in [-0.1, -0.05) is 42.1 Å². The number of anilines is 1. The minimum atomic E-state index is 0.0382. The van der Waals surface area contributed by atoms with Crippen molar-refractivity contribution in [3.05, 3.63) is 78.5 Å². The average molecular weight is 406 g/mol. The highest BCUT2D eigenvalue weighted by Gasteiger charge is 2.25. The summed E-state index contributed by atoms with van der Waals surface area (Å²) in [5.41, 5.74) is 1.73. The molecule has 0 unspecified atom stereocenters. The van der Waals surface area contributed by atoms with Gasteiger partial charge in [-0.25, -0.2) is 4.98 Å². The van der Waals surface area contributed by atoms with Crippen LogP contribution in [0.15, 0.2) is 82.8 Å². The molecule has 5 nitrogen and oxygen atoms in total. The molecule has 2 aromatic carbocycles. The number of nitrogens with zero attached hydrogens (tertiary/aromatic N) is 3. The summed E-state index contributed by atoms with van der Waals surface area (Å²) < 4.78 is 5.48. The van der Waals surface area contributed by atoms with Gasteiger partial charge in [-0.15, -0.1) is 0 Å². The minimum absolute atomic E-state index is 0.0382. The van der Waals surface area contributed by atoms with Crippen LogP contribution < -0.4 is 9.64 Å². The first-order valence-electron chi connectivity index (χ1n) is 9.61. The molecule has 0 spiro atoms. The number of amides is 1. The number of carbonyl (C=O) groups is 1. The molecule has 1 amide bonds. The normalized spacial score (nSPS) is 14.0. The third kappa shape index (κ3) is 4.38. The van der Waals surface area contributed by atoms with Crippen molar-refractivity contribution in [2.45, 2.75) is 9.92 Å². The number of rotatable bonds is 5. The molecule has 1 aliphatic rings. The molecule has 4 rings (SSSR count). The number of benzene rings is 2. The molecule has 2 heterocycles. The lowest BCUT2D eigenvalue weighted by molar-refractivity contribution is 0.0742. The second kappa shape index (κ2) is 9.01. The largest absolute Gasteiger partial charge is 0.495 e. The molecule has 1 aliphatic heterocycles. The fraction of sp³-hybridized carbons (Fsp3) is 0.217. The van der Waals surface area contributed by atoms with Crippen LogP contribution in [0.25, 0.3) is 0 Å². The fourth-order valence-electron chi connectivity index (χ4n) is 3.45. The Hall–Kier alpha value is -2.99. The van der Waals surface area contributed by atoms with Crippen LogP contribution in [-0.4, -0.2) is 49.1 Å². The number of aromatic nitrogens is 1. The van der Waals surface area contributed by atoms with Gasteiger partial charge in [0.05, 0.1) is 18.4 Å². The van der Waals surface area contributed by atoms with Crippen molar-refractivity contribution in [2.75, 3.05) is 38.2 Å². The summed E-state index contributed by atoms with van der Waals surface area (Å²) in [4.78, 5) is 22.9. The monoisotopic (exact) mass is 405 g/mol. The van der Waals surface area contributed by atoms with Gasteiger partial charge in [0.15, 0.2) is 0 Å². The third-order valence-electron chi connectivity index (χ3n) is 4.95. The van der Waals surface area contributed by atoms with Gasteiger partial charge >= 0.3 is 0 Å². The third-order valence-corrected chi connectivity index (χ3v) is 5.98. The Bertz CT molecular complexity index is 973. The lowest BCUT2D eigenvalue weighted by Crippen LogP contribution is -2.49. The van der Waals surface area contributed by atoms with E-state index in [-0.39, 0.29) is 5.91 Å². The summed E-state index contributed by atoms with van der Waals surface area (Å²) in [5.74, 6) is 0.900. The summed E-state index contributed by atoms with van der Waals surface area (Å²) in [6, 6.07) is 21.7. The zero-order chi connectivity index (χ0) is 20.1. The van der Waals surface area contributed by atoms with Gasteiger partial charge in [0.2, 0.25) is 0 Å². The van der Waals surface area contributed by atoms with Crippen LogP contribution in [0.1, 0.15) is 10.4 Å². The summed E-state index contributed by atoms with van der Waals surface area (Å²) in [5, 5.41) is 0.746. The molecule has 1 fully saturated rings. The maximum atomic E-state index is 13.2. The van der Waals surface area contributed by atoms with E-state index >= 15 is 0 Å². The van der Waals surface area contributed by atoms with Crippen LogP contribution in [0.2, 0.25) is 0 Å². The van der Waals surface area contributed by atoms with Crippen molar-refractivity contribution in [3.8, 4) is 5.75 Å².